The normalized spacial score (nSPS) is 16.1. The lowest BCUT2D eigenvalue weighted by atomic mass is 9.76. The van der Waals surface area contributed by atoms with E-state index in [9.17, 15) is 0 Å². The molecule has 248 valence electrons. The van der Waals surface area contributed by atoms with E-state index < -0.39 is 0 Å². The Hall–Kier alpha value is -6.70. The van der Waals surface area contributed by atoms with Gasteiger partial charge in [-0.1, -0.05) is 158 Å². The lowest BCUT2D eigenvalue weighted by molar-refractivity contribution is 0.692. The van der Waals surface area contributed by atoms with Gasteiger partial charge in [0.25, 0.3) is 0 Å². The van der Waals surface area contributed by atoms with Crippen LogP contribution in [0, 0.1) is 5.92 Å². The van der Waals surface area contributed by atoms with E-state index in [4.69, 9.17) is 0 Å². The van der Waals surface area contributed by atoms with Crippen molar-refractivity contribution in [3.05, 3.63) is 205 Å². The lowest BCUT2D eigenvalue weighted by Gasteiger charge is -2.28. The highest BCUT2D eigenvalue weighted by Gasteiger charge is 2.26. The van der Waals surface area contributed by atoms with Crippen molar-refractivity contribution in [3.8, 4) is 44.5 Å². The minimum atomic E-state index is 0.373. The van der Waals surface area contributed by atoms with Gasteiger partial charge in [0.1, 0.15) is 0 Å². The third-order valence-corrected chi connectivity index (χ3v) is 11.5. The molecule has 0 aliphatic heterocycles. The largest absolute Gasteiger partial charge is 0.310 e. The van der Waals surface area contributed by atoms with Gasteiger partial charge in [0, 0.05) is 28.9 Å². The second-order valence-corrected chi connectivity index (χ2v) is 14.5. The molecule has 2 unspecified atom stereocenters. The number of hydrogen-bond acceptors (Lipinski definition) is 1. The first-order chi connectivity index (χ1) is 26.3. The molecule has 0 radical (unpaired) electrons. The van der Waals surface area contributed by atoms with Crippen LogP contribution in [0.25, 0.3) is 72.1 Å². The van der Waals surface area contributed by atoms with Crippen molar-refractivity contribution in [2.45, 2.75) is 5.92 Å². The first-order valence-corrected chi connectivity index (χ1v) is 18.6. The second-order valence-electron chi connectivity index (χ2n) is 14.5. The summed E-state index contributed by atoms with van der Waals surface area (Å²) in [6, 6.07) is 60.7. The van der Waals surface area contributed by atoms with Crippen molar-refractivity contribution in [2.24, 2.45) is 5.92 Å². The molecule has 0 bridgehead atoms. The molecular formula is C52H35N. The van der Waals surface area contributed by atoms with Gasteiger partial charge in [-0.25, -0.2) is 0 Å². The van der Waals surface area contributed by atoms with E-state index in [1.165, 1.54) is 77.2 Å². The van der Waals surface area contributed by atoms with Crippen LogP contribution < -0.4 is 4.90 Å². The van der Waals surface area contributed by atoms with E-state index in [1.54, 1.807) is 0 Å². The van der Waals surface area contributed by atoms with Crippen LogP contribution in [0.3, 0.4) is 0 Å². The fourth-order valence-corrected chi connectivity index (χ4v) is 9.00. The van der Waals surface area contributed by atoms with E-state index in [-0.39, 0.29) is 0 Å². The predicted molar refractivity (Wildman–Crippen MR) is 225 cm³/mol. The molecule has 0 heterocycles. The van der Waals surface area contributed by atoms with E-state index in [1.807, 2.05) is 0 Å². The summed E-state index contributed by atoms with van der Waals surface area (Å²) >= 11 is 0. The zero-order valence-electron chi connectivity index (χ0n) is 29.2. The third kappa shape index (κ3) is 4.85. The van der Waals surface area contributed by atoms with Crippen molar-refractivity contribution in [1.29, 1.82) is 0 Å². The van der Waals surface area contributed by atoms with Crippen molar-refractivity contribution in [3.63, 3.8) is 0 Å². The fraction of sp³-hybridized carbons (Fsp3) is 0.0385. The molecule has 3 aliphatic rings. The van der Waals surface area contributed by atoms with Crippen molar-refractivity contribution in [1.82, 2.24) is 0 Å². The fourth-order valence-electron chi connectivity index (χ4n) is 9.00. The molecule has 53 heavy (non-hydrogen) atoms. The molecule has 1 heteroatoms. The maximum absolute atomic E-state index is 2.44. The molecule has 0 fully saturated rings. The van der Waals surface area contributed by atoms with Crippen molar-refractivity contribution >= 4 is 44.7 Å². The molecule has 8 aromatic rings. The SMILES string of the molecule is C1=CC2C=Cc3ccc(-c4cccc(N(c5ccc(-c6cccc7ccccc67)cc5)c5cc6c7c(cccc7c5)-c5ccccc5-6)c4)cc3C2C=C1. The number of fused-ring (bicyclic) bond motifs is 7. The highest BCUT2D eigenvalue weighted by atomic mass is 15.1. The molecule has 0 N–H and O–H groups in total. The van der Waals surface area contributed by atoms with Gasteiger partial charge in [-0.2, -0.15) is 0 Å². The van der Waals surface area contributed by atoms with Crippen molar-refractivity contribution < 1.29 is 0 Å². The average Bonchev–Trinajstić information content (AvgIpc) is 3.55. The maximum atomic E-state index is 2.44. The van der Waals surface area contributed by atoms with Crippen LogP contribution in [0.15, 0.2) is 194 Å². The van der Waals surface area contributed by atoms with Gasteiger partial charge in [-0.15, -0.1) is 0 Å². The Bertz CT molecular complexity index is 2840. The summed E-state index contributed by atoms with van der Waals surface area (Å²) < 4.78 is 0. The van der Waals surface area contributed by atoms with Gasteiger partial charge in [0.15, 0.2) is 0 Å². The lowest BCUT2D eigenvalue weighted by Crippen LogP contribution is -2.13. The first-order valence-electron chi connectivity index (χ1n) is 18.6. The molecule has 3 aliphatic carbocycles. The number of benzene rings is 8. The van der Waals surface area contributed by atoms with Crippen molar-refractivity contribution in [2.75, 3.05) is 4.90 Å². The van der Waals surface area contributed by atoms with Crippen LogP contribution in [-0.2, 0) is 0 Å². The van der Waals surface area contributed by atoms with Crippen LogP contribution >= 0.6 is 0 Å². The van der Waals surface area contributed by atoms with Crippen LogP contribution in [0.1, 0.15) is 17.0 Å². The Balaban J connectivity index is 1.07. The first kappa shape index (κ1) is 30.0. The summed E-state index contributed by atoms with van der Waals surface area (Å²) in [7, 11) is 0. The quantitative estimate of drug-likeness (QED) is 0.176. The third-order valence-electron chi connectivity index (χ3n) is 11.5. The molecule has 0 spiro atoms. The molecule has 0 saturated carbocycles. The Morgan fingerprint density at radius 1 is 0.396 bits per heavy atom. The minimum absolute atomic E-state index is 0.373. The second kappa shape index (κ2) is 11.9. The van der Waals surface area contributed by atoms with Crippen LogP contribution in [0.2, 0.25) is 0 Å². The molecule has 0 saturated heterocycles. The number of allylic oxidation sites excluding steroid dienone is 5. The topological polar surface area (TPSA) is 3.24 Å². The monoisotopic (exact) mass is 673 g/mol. The summed E-state index contributed by atoms with van der Waals surface area (Å²) in [4.78, 5) is 2.44. The number of hydrogen-bond donors (Lipinski definition) is 0. The van der Waals surface area contributed by atoms with Gasteiger partial charge < -0.3 is 4.90 Å². The summed E-state index contributed by atoms with van der Waals surface area (Å²) in [5.41, 5.74) is 16.2. The maximum Gasteiger partial charge on any atom is 0.0474 e. The minimum Gasteiger partial charge on any atom is -0.310 e. The highest BCUT2D eigenvalue weighted by Crippen LogP contribution is 2.50. The van der Waals surface area contributed by atoms with Crippen LogP contribution in [0.4, 0.5) is 17.1 Å². The molecule has 0 amide bonds. The molecule has 8 aromatic carbocycles. The zero-order chi connectivity index (χ0) is 34.9. The van der Waals surface area contributed by atoms with Crippen LogP contribution in [-0.4, -0.2) is 0 Å². The molecule has 11 rings (SSSR count). The number of nitrogens with zero attached hydrogens (tertiary/aromatic N) is 1. The molecule has 0 aromatic heterocycles. The zero-order valence-corrected chi connectivity index (χ0v) is 29.2. The standard InChI is InChI=1S/C52H35N/c1-3-16-44-34(10-1)12-8-20-45(44)36-26-28-41(29-27-36)53(43-31-40-14-9-21-49-47-18-5-6-19-48(47)51(33-43)52(40)49)42-15-7-13-38(30-42)39-25-24-37-23-22-35-11-2-4-17-46(35)50(37)32-39/h1-33,35,46H. The summed E-state index contributed by atoms with van der Waals surface area (Å²) in [6.45, 7) is 0. The highest BCUT2D eigenvalue weighted by molar-refractivity contribution is 6.16. The number of anilines is 3. The van der Waals surface area contributed by atoms with E-state index in [0.717, 1.165) is 17.1 Å². The Morgan fingerprint density at radius 2 is 1.09 bits per heavy atom. The van der Waals surface area contributed by atoms with E-state index in [0.29, 0.717) is 11.8 Å². The van der Waals surface area contributed by atoms with Gasteiger partial charge in [0.2, 0.25) is 0 Å². The van der Waals surface area contributed by atoms with Gasteiger partial charge in [0.05, 0.1) is 0 Å². The Kier molecular flexibility index (Phi) is 6.75. The van der Waals surface area contributed by atoms with E-state index in [2.05, 4.69) is 205 Å². The average molecular weight is 674 g/mol. The van der Waals surface area contributed by atoms with E-state index >= 15 is 0 Å². The Morgan fingerprint density at radius 3 is 2.00 bits per heavy atom. The number of rotatable bonds is 5. The van der Waals surface area contributed by atoms with Crippen LogP contribution in [0.5, 0.6) is 0 Å². The van der Waals surface area contributed by atoms with Gasteiger partial charge >= 0.3 is 0 Å². The summed E-state index contributed by atoms with van der Waals surface area (Å²) in [5.74, 6) is 0.787. The summed E-state index contributed by atoms with van der Waals surface area (Å²) in [6.07, 6.45) is 13.7. The predicted octanol–water partition coefficient (Wildman–Crippen LogP) is 14.3. The molecule has 1 nitrogen and oxygen atoms in total. The van der Waals surface area contributed by atoms with Gasteiger partial charge in [-0.05, 0) is 120 Å². The Labute approximate surface area is 310 Å². The molecule has 2 atom stereocenters. The summed E-state index contributed by atoms with van der Waals surface area (Å²) in [5, 5.41) is 5.12. The molecular weight excluding hydrogens is 639 g/mol. The van der Waals surface area contributed by atoms with Gasteiger partial charge in [-0.3, -0.25) is 0 Å². The smallest absolute Gasteiger partial charge is 0.0474 e.